The molecule has 1 aliphatic rings. The molecule has 1 fully saturated rings. The van der Waals surface area contributed by atoms with Gasteiger partial charge < -0.3 is 19.5 Å². The lowest BCUT2D eigenvalue weighted by Crippen LogP contribution is -2.44. The molecule has 1 aliphatic heterocycles. The van der Waals surface area contributed by atoms with Crippen molar-refractivity contribution in [1.29, 1.82) is 0 Å². The predicted molar refractivity (Wildman–Crippen MR) is 75.8 cm³/mol. The number of hydrogen-bond donors (Lipinski definition) is 1. The maximum Gasteiger partial charge on any atom is 0.120 e. The Morgan fingerprint density at radius 2 is 2.32 bits per heavy atom. The van der Waals surface area contributed by atoms with E-state index >= 15 is 0 Å². The first-order chi connectivity index (χ1) is 9.19. The van der Waals surface area contributed by atoms with E-state index in [1.54, 1.807) is 7.11 Å². The number of nitrogens with zero attached hydrogens (tertiary/aromatic N) is 1. The van der Waals surface area contributed by atoms with Crippen LogP contribution in [0.1, 0.15) is 12.8 Å². The summed E-state index contributed by atoms with van der Waals surface area (Å²) >= 11 is 0. The highest BCUT2D eigenvalue weighted by atomic mass is 16.5. The smallest absolute Gasteiger partial charge is 0.120 e. The summed E-state index contributed by atoms with van der Waals surface area (Å²) in [5, 5.41) is 9.71. The third-order valence-electron chi connectivity index (χ3n) is 3.81. The van der Waals surface area contributed by atoms with E-state index < -0.39 is 0 Å². The molecule has 4 heteroatoms. The molecule has 0 aliphatic carbocycles. The quantitative estimate of drug-likeness (QED) is 0.883. The summed E-state index contributed by atoms with van der Waals surface area (Å²) < 4.78 is 10.8. The Kier molecular flexibility index (Phi) is 4.66. The van der Waals surface area contributed by atoms with Gasteiger partial charge in [0.05, 0.1) is 20.3 Å². The minimum atomic E-state index is -0.143. The van der Waals surface area contributed by atoms with Crippen molar-refractivity contribution >= 4 is 5.69 Å². The van der Waals surface area contributed by atoms with Crippen LogP contribution in [0, 0.1) is 5.41 Å². The number of hydrogen-bond acceptors (Lipinski definition) is 4. The van der Waals surface area contributed by atoms with Gasteiger partial charge in [-0.15, -0.1) is 0 Å². The second-order valence-corrected chi connectivity index (χ2v) is 5.37. The molecule has 0 bridgehead atoms. The zero-order valence-electron chi connectivity index (χ0n) is 11.8. The summed E-state index contributed by atoms with van der Waals surface area (Å²) in [5.41, 5.74) is 0.952. The molecule has 1 atom stereocenters. The summed E-state index contributed by atoms with van der Waals surface area (Å²) in [6.07, 6.45) is 2.03. The van der Waals surface area contributed by atoms with Crippen molar-refractivity contribution in [3.63, 3.8) is 0 Å². The number of aliphatic hydroxyl groups excluding tert-OH is 1. The standard InChI is InChI=1S/C15H23NO3/c1-16(13-5-3-6-14(9-13)18-2)10-15(11-17)7-4-8-19-12-15/h3,5-6,9,17H,4,7-8,10-12H2,1-2H3. The van der Waals surface area contributed by atoms with E-state index in [1.807, 2.05) is 25.2 Å². The second-order valence-electron chi connectivity index (χ2n) is 5.37. The molecule has 0 aromatic heterocycles. The Hall–Kier alpha value is -1.26. The summed E-state index contributed by atoms with van der Waals surface area (Å²) in [7, 11) is 3.71. The fourth-order valence-corrected chi connectivity index (χ4v) is 2.65. The number of ether oxygens (including phenoxy) is 2. The molecular formula is C15H23NO3. The van der Waals surface area contributed by atoms with Crippen LogP contribution >= 0.6 is 0 Å². The van der Waals surface area contributed by atoms with Gasteiger partial charge in [-0.25, -0.2) is 0 Å². The van der Waals surface area contributed by atoms with E-state index in [0.29, 0.717) is 6.61 Å². The van der Waals surface area contributed by atoms with Crippen LogP contribution in [-0.4, -0.2) is 45.6 Å². The molecule has 19 heavy (non-hydrogen) atoms. The monoisotopic (exact) mass is 265 g/mol. The van der Waals surface area contributed by atoms with Crippen LogP contribution in [0.15, 0.2) is 24.3 Å². The first-order valence-corrected chi connectivity index (χ1v) is 6.73. The number of benzene rings is 1. The third kappa shape index (κ3) is 3.39. The summed E-state index contributed by atoms with van der Waals surface area (Å²) in [4.78, 5) is 2.16. The number of anilines is 1. The van der Waals surface area contributed by atoms with Crippen molar-refractivity contribution in [1.82, 2.24) is 0 Å². The van der Waals surface area contributed by atoms with Gasteiger partial charge in [-0.2, -0.15) is 0 Å². The lowest BCUT2D eigenvalue weighted by atomic mass is 9.83. The van der Waals surface area contributed by atoms with Crippen molar-refractivity contribution in [2.24, 2.45) is 5.41 Å². The Bertz CT molecular complexity index is 402. The molecule has 1 aromatic carbocycles. The van der Waals surface area contributed by atoms with Gasteiger partial charge in [0.1, 0.15) is 5.75 Å². The molecule has 0 spiro atoms. The highest BCUT2D eigenvalue weighted by Crippen LogP contribution is 2.31. The molecule has 2 rings (SSSR count). The number of methoxy groups -OCH3 is 1. The van der Waals surface area contributed by atoms with Gasteiger partial charge in [0.2, 0.25) is 0 Å². The average molecular weight is 265 g/mol. The van der Waals surface area contributed by atoms with Crippen LogP contribution in [0.25, 0.3) is 0 Å². The molecule has 4 nitrogen and oxygen atoms in total. The highest BCUT2D eigenvalue weighted by Gasteiger charge is 2.33. The Labute approximate surface area is 114 Å². The molecule has 0 saturated carbocycles. The van der Waals surface area contributed by atoms with E-state index in [1.165, 1.54) is 0 Å². The molecule has 1 saturated heterocycles. The maximum absolute atomic E-state index is 9.71. The van der Waals surface area contributed by atoms with E-state index in [2.05, 4.69) is 11.0 Å². The van der Waals surface area contributed by atoms with E-state index in [9.17, 15) is 5.11 Å². The Morgan fingerprint density at radius 3 is 2.95 bits per heavy atom. The normalized spacial score (nSPS) is 23.1. The SMILES string of the molecule is COc1cccc(N(C)CC2(CO)CCCOC2)c1. The van der Waals surface area contributed by atoms with Gasteiger partial charge in [0.15, 0.2) is 0 Å². The molecule has 1 heterocycles. The van der Waals surface area contributed by atoms with Crippen LogP contribution in [-0.2, 0) is 4.74 Å². The van der Waals surface area contributed by atoms with Crippen LogP contribution in [0.3, 0.4) is 0 Å². The van der Waals surface area contributed by atoms with Gasteiger partial charge in [-0.05, 0) is 25.0 Å². The van der Waals surface area contributed by atoms with E-state index in [-0.39, 0.29) is 12.0 Å². The summed E-state index contributed by atoms with van der Waals surface area (Å²) in [6, 6.07) is 7.97. The van der Waals surface area contributed by atoms with Gasteiger partial charge in [0, 0.05) is 37.4 Å². The number of aliphatic hydroxyl groups is 1. The van der Waals surface area contributed by atoms with Gasteiger partial charge in [-0.3, -0.25) is 0 Å². The van der Waals surface area contributed by atoms with Crippen LogP contribution < -0.4 is 9.64 Å². The van der Waals surface area contributed by atoms with Gasteiger partial charge in [-0.1, -0.05) is 6.07 Å². The fraction of sp³-hybridized carbons (Fsp3) is 0.600. The molecule has 1 unspecified atom stereocenters. The third-order valence-corrected chi connectivity index (χ3v) is 3.81. The molecule has 1 aromatic rings. The average Bonchev–Trinajstić information content (AvgIpc) is 2.48. The molecule has 0 radical (unpaired) electrons. The minimum absolute atomic E-state index is 0.143. The summed E-state index contributed by atoms with van der Waals surface area (Å²) in [5.74, 6) is 0.849. The highest BCUT2D eigenvalue weighted by molar-refractivity contribution is 5.50. The van der Waals surface area contributed by atoms with Crippen molar-refractivity contribution in [3.05, 3.63) is 24.3 Å². The zero-order chi connectivity index (χ0) is 13.7. The molecule has 0 amide bonds. The molecule has 106 valence electrons. The number of rotatable bonds is 5. The van der Waals surface area contributed by atoms with Crippen LogP contribution in [0.2, 0.25) is 0 Å². The van der Waals surface area contributed by atoms with E-state index in [0.717, 1.165) is 37.4 Å². The molecular weight excluding hydrogens is 242 g/mol. The van der Waals surface area contributed by atoms with Crippen LogP contribution in [0.5, 0.6) is 5.75 Å². The topological polar surface area (TPSA) is 41.9 Å². The van der Waals surface area contributed by atoms with E-state index in [4.69, 9.17) is 9.47 Å². The van der Waals surface area contributed by atoms with Crippen molar-refractivity contribution < 1.29 is 14.6 Å². The predicted octanol–water partition coefficient (Wildman–Crippen LogP) is 1.92. The van der Waals surface area contributed by atoms with Gasteiger partial charge >= 0.3 is 0 Å². The molecule has 1 N–H and O–H groups in total. The largest absolute Gasteiger partial charge is 0.497 e. The summed E-state index contributed by atoms with van der Waals surface area (Å²) in [6.45, 7) is 2.40. The minimum Gasteiger partial charge on any atom is -0.497 e. The fourth-order valence-electron chi connectivity index (χ4n) is 2.65. The van der Waals surface area contributed by atoms with Crippen molar-refractivity contribution in [2.75, 3.05) is 45.4 Å². The zero-order valence-corrected chi connectivity index (χ0v) is 11.8. The lowest BCUT2D eigenvalue weighted by molar-refractivity contribution is -0.0331. The maximum atomic E-state index is 9.71. The first-order valence-electron chi connectivity index (χ1n) is 6.73. The second kappa shape index (κ2) is 6.26. The van der Waals surface area contributed by atoms with Crippen LogP contribution in [0.4, 0.5) is 5.69 Å². The Morgan fingerprint density at radius 1 is 1.47 bits per heavy atom. The van der Waals surface area contributed by atoms with Gasteiger partial charge in [0.25, 0.3) is 0 Å². The van der Waals surface area contributed by atoms with Crippen molar-refractivity contribution in [2.45, 2.75) is 12.8 Å². The first kappa shape index (κ1) is 14.2. The lowest BCUT2D eigenvalue weighted by Gasteiger charge is -2.39. The van der Waals surface area contributed by atoms with Crippen molar-refractivity contribution in [3.8, 4) is 5.75 Å². The Balaban J connectivity index is 2.07.